The smallest absolute Gasteiger partial charge is 0.387 e. The van der Waals surface area contributed by atoms with Crippen LogP contribution in [0.1, 0.15) is 23.3 Å². The largest absolute Gasteiger partial charge is 2.00 e. The molecule has 1 aromatic heterocycles. The number of methoxy groups -OCH3 is 1. The minimum Gasteiger partial charge on any atom is -0.387 e. The number of nitrogens with zero attached hydrogens (tertiary/aromatic N) is 3. The Labute approximate surface area is 181 Å². The molecule has 28 heavy (non-hydrogen) atoms. The number of hydrogen-bond acceptors (Lipinski definition) is 3. The normalized spacial score (nSPS) is 12.4. The Kier molecular flexibility index (Phi) is 9.18. The van der Waals surface area contributed by atoms with Gasteiger partial charge in [-0.1, -0.05) is 23.7 Å². The molecule has 0 radical (unpaired) electrons. The Morgan fingerprint density at radius 1 is 1.11 bits per heavy atom. The van der Waals surface area contributed by atoms with Crippen LogP contribution in [0.3, 0.4) is 0 Å². The maximum atomic E-state index is 5.97. The maximum absolute atomic E-state index is 5.97. The molecule has 4 rings (SSSR count). The monoisotopic (exact) mass is 435 g/mol. The van der Waals surface area contributed by atoms with E-state index in [9.17, 15) is 0 Å². The number of aromatic nitrogens is 3. The first-order chi connectivity index (χ1) is 13.3. The van der Waals surface area contributed by atoms with Gasteiger partial charge in [-0.3, -0.25) is 0 Å². The third-order valence-corrected chi connectivity index (χ3v) is 4.56. The number of benzene rings is 1. The summed E-state index contributed by atoms with van der Waals surface area (Å²) in [7, 11) is 1.73. The minimum absolute atomic E-state index is 0. The predicted molar refractivity (Wildman–Crippen MR) is 108 cm³/mol. The van der Waals surface area contributed by atoms with Crippen molar-refractivity contribution in [3.63, 3.8) is 0 Å². The van der Waals surface area contributed by atoms with E-state index in [4.69, 9.17) is 16.3 Å². The molecule has 146 valence electrons. The molecule has 0 N–H and O–H groups in total. The summed E-state index contributed by atoms with van der Waals surface area (Å²) in [6.45, 7) is 0. The molecule has 0 aliphatic rings. The molecule has 0 aliphatic heterocycles. The van der Waals surface area contributed by atoms with Gasteiger partial charge in [0.05, 0.1) is 12.1 Å². The molecule has 6 heteroatoms. The van der Waals surface area contributed by atoms with Crippen molar-refractivity contribution in [2.24, 2.45) is 0 Å². The SMILES string of the molecule is COC([c-]1cccc1)C(Cc1ccc(Cl)cc1)n1cncn1.[Fe+2].c1cc[cH-]c1. The Morgan fingerprint density at radius 2 is 1.79 bits per heavy atom. The van der Waals surface area contributed by atoms with Crippen molar-refractivity contribution >= 4 is 11.6 Å². The second-order valence-corrected chi connectivity index (χ2v) is 6.55. The summed E-state index contributed by atoms with van der Waals surface area (Å²) in [6, 6.07) is 26.1. The van der Waals surface area contributed by atoms with Crippen LogP contribution in [0.4, 0.5) is 0 Å². The standard InChI is InChI=1S/C17H17ClN3O.C5H5.Fe/c1-22-17(14-4-2-3-5-14)16(21-12-19-11-20-21)10-13-6-8-15(18)9-7-13;1-2-4-5-3-1;/h2-9,11-12,16-17H,10H2,1H3;1-5H;/q2*-1;+2. The van der Waals surface area contributed by atoms with Gasteiger partial charge in [0, 0.05) is 12.1 Å². The Bertz CT molecular complexity index is 842. The topological polar surface area (TPSA) is 39.9 Å². The van der Waals surface area contributed by atoms with E-state index >= 15 is 0 Å². The van der Waals surface area contributed by atoms with Gasteiger partial charge in [-0.05, 0) is 24.1 Å². The maximum Gasteiger partial charge on any atom is 2.00 e. The van der Waals surface area contributed by atoms with Gasteiger partial charge in [-0.2, -0.15) is 35.4 Å². The van der Waals surface area contributed by atoms with Crippen molar-refractivity contribution in [2.45, 2.75) is 18.6 Å². The summed E-state index contributed by atoms with van der Waals surface area (Å²) in [5.74, 6) is 0. The Balaban J connectivity index is 0.000000408. The zero-order valence-corrected chi connectivity index (χ0v) is 17.4. The van der Waals surface area contributed by atoms with Gasteiger partial charge in [0.1, 0.15) is 12.7 Å². The molecule has 1 heterocycles. The summed E-state index contributed by atoms with van der Waals surface area (Å²) >= 11 is 5.97. The Morgan fingerprint density at radius 3 is 2.29 bits per heavy atom. The summed E-state index contributed by atoms with van der Waals surface area (Å²) < 4.78 is 7.62. The van der Waals surface area contributed by atoms with E-state index in [0.29, 0.717) is 0 Å². The van der Waals surface area contributed by atoms with Crippen molar-refractivity contribution in [3.8, 4) is 0 Å². The van der Waals surface area contributed by atoms with Crippen LogP contribution in [0.2, 0.25) is 5.02 Å². The van der Waals surface area contributed by atoms with Gasteiger partial charge in [0.25, 0.3) is 0 Å². The number of hydrogen-bond donors (Lipinski definition) is 0. The molecule has 0 amide bonds. The van der Waals surface area contributed by atoms with Gasteiger partial charge in [-0.25, -0.2) is 33.9 Å². The van der Waals surface area contributed by atoms with Crippen molar-refractivity contribution in [1.82, 2.24) is 14.8 Å². The Hall–Kier alpha value is -2.17. The number of ether oxygens (including phenoxy) is 1. The van der Waals surface area contributed by atoms with Crippen molar-refractivity contribution < 1.29 is 21.8 Å². The van der Waals surface area contributed by atoms with Gasteiger partial charge >= 0.3 is 17.1 Å². The van der Waals surface area contributed by atoms with Crippen LogP contribution in [-0.4, -0.2) is 21.9 Å². The molecular formula is C22H22ClFeN3O. The molecule has 4 nitrogen and oxygen atoms in total. The van der Waals surface area contributed by atoms with Gasteiger partial charge in [-0.15, -0.1) is 5.56 Å². The van der Waals surface area contributed by atoms with E-state index in [1.807, 2.05) is 71.4 Å². The third-order valence-electron chi connectivity index (χ3n) is 4.31. The van der Waals surface area contributed by atoms with Crippen LogP contribution in [0, 0.1) is 0 Å². The van der Waals surface area contributed by atoms with Gasteiger partial charge < -0.3 is 4.74 Å². The second-order valence-electron chi connectivity index (χ2n) is 6.11. The predicted octanol–water partition coefficient (Wildman–Crippen LogP) is 5.22. The molecule has 2 atom stereocenters. The minimum atomic E-state index is -0.0904. The first-order valence-corrected chi connectivity index (χ1v) is 9.15. The molecule has 0 bridgehead atoms. The first kappa shape index (κ1) is 22.1. The quantitative estimate of drug-likeness (QED) is 0.308. The number of rotatable bonds is 6. The molecule has 0 aliphatic carbocycles. The van der Waals surface area contributed by atoms with Crippen molar-refractivity contribution in [3.05, 3.63) is 108 Å². The van der Waals surface area contributed by atoms with Crippen LogP contribution in [0.15, 0.2) is 91.5 Å². The van der Waals surface area contributed by atoms with E-state index in [2.05, 4.69) is 22.2 Å². The van der Waals surface area contributed by atoms with Crippen molar-refractivity contribution in [2.75, 3.05) is 7.11 Å². The zero-order chi connectivity index (χ0) is 18.9. The van der Waals surface area contributed by atoms with Crippen LogP contribution in [0.25, 0.3) is 0 Å². The molecule has 0 spiro atoms. The summed E-state index contributed by atoms with van der Waals surface area (Å²) in [4.78, 5) is 4.07. The van der Waals surface area contributed by atoms with E-state index in [1.165, 1.54) is 5.56 Å². The van der Waals surface area contributed by atoms with E-state index in [1.54, 1.807) is 19.8 Å². The van der Waals surface area contributed by atoms with E-state index < -0.39 is 0 Å². The second kappa shape index (κ2) is 11.6. The third kappa shape index (κ3) is 6.18. The summed E-state index contributed by atoms with van der Waals surface area (Å²) in [5.41, 5.74) is 2.32. The average molecular weight is 436 g/mol. The fourth-order valence-electron chi connectivity index (χ4n) is 3.00. The van der Waals surface area contributed by atoms with E-state index in [-0.39, 0.29) is 29.2 Å². The van der Waals surface area contributed by atoms with Crippen LogP contribution in [0.5, 0.6) is 0 Å². The molecular weight excluding hydrogens is 414 g/mol. The molecule has 0 saturated carbocycles. The molecule has 4 aromatic rings. The van der Waals surface area contributed by atoms with Crippen LogP contribution >= 0.6 is 11.6 Å². The number of halogens is 1. The summed E-state index contributed by atoms with van der Waals surface area (Å²) in [5, 5.41) is 5.04. The van der Waals surface area contributed by atoms with Crippen molar-refractivity contribution in [1.29, 1.82) is 0 Å². The molecule has 0 fully saturated rings. The van der Waals surface area contributed by atoms with E-state index in [0.717, 1.165) is 17.0 Å². The molecule has 3 aromatic carbocycles. The van der Waals surface area contributed by atoms with Gasteiger partial charge in [0.15, 0.2) is 0 Å². The zero-order valence-electron chi connectivity index (χ0n) is 15.5. The fourth-order valence-corrected chi connectivity index (χ4v) is 3.13. The fraction of sp³-hybridized carbons (Fsp3) is 0.182. The first-order valence-electron chi connectivity index (χ1n) is 8.77. The summed E-state index contributed by atoms with van der Waals surface area (Å²) in [6.07, 6.45) is 3.97. The average Bonchev–Trinajstić information content (AvgIpc) is 3.47. The van der Waals surface area contributed by atoms with Crippen LogP contribution in [-0.2, 0) is 28.2 Å². The molecule has 2 unspecified atom stereocenters. The molecule has 0 saturated heterocycles. The van der Waals surface area contributed by atoms with Gasteiger partial charge in [0.2, 0.25) is 0 Å². The van der Waals surface area contributed by atoms with Crippen LogP contribution < -0.4 is 0 Å².